The highest BCUT2D eigenvalue weighted by atomic mass is 32.2. The summed E-state index contributed by atoms with van der Waals surface area (Å²) < 4.78 is 278. The third-order valence-corrected chi connectivity index (χ3v) is 12.0. The molecule has 4 rings (SSSR count). The number of rotatable bonds is 17. The summed E-state index contributed by atoms with van der Waals surface area (Å²) in [5, 5.41) is 0. The molecule has 49 heavy (non-hydrogen) atoms. The summed E-state index contributed by atoms with van der Waals surface area (Å²) in [6, 6.07) is -1.88. The summed E-state index contributed by atoms with van der Waals surface area (Å²) in [4.78, 5) is 73.0. The lowest BCUT2D eigenvalue weighted by molar-refractivity contribution is -0.148. The smallest absolute Gasteiger partial charge is 0.227 e. The van der Waals surface area contributed by atoms with Crippen LogP contribution in [-0.2, 0) is 33.8 Å². The maximum absolute atomic E-state index is 15.6. The number of sulfone groups is 1. The number of hydrogen-bond acceptors (Lipinski definition) is 7. The van der Waals surface area contributed by atoms with Crippen LogP contribution >= 0.6 is 0 Å². The van der Waals surface area contributed by atoms with Crippen LogP contribution < -0.4 is 0 Å². The lowest BCUT2D eigenvalue weighted by Crippen LogP contribution is -2.51. The van der Waals surface area contributed by atoms with E-state index in [9.17, 15) is 22.8 Å². The molecule has 3 saturated carbocycles. The molecule has 1 heterocycles. The standard InChI is InChI=1S/C40H65NO7S/c1-10-11-15-27(35(45)32(44)20-26-16-17-26)21-31(43)34-33-30(39(33,8)9)24-41(34)36(46)29(37(2,3)4)22-28(42)23-40(18-13-12-14-19-40)25-49(47,48)38(5,6)7/h26-27,29-30,33-34H,10-25H2,1-9H3/t27-,29-,30+,33+,34-/m1/s1/i2D3,3D3,4D3,5D3,6D3,7D3,10D2,12D2,13D2,14D2,18D2,19D2. The number of amides is 1. The lowest BCUT2D eigenvalue weighted by Gasteiger charge is -2.40. The first-order valence-electron chi connectivity index (χ1n) is 31.1. The van der Waals surface area contributed by atoms with Crippen molar-refractivity contribution >= 4 is 38.9 Å². The maximum atomic E-state index is 15.6. The summed E-state index contributed by atoms with van der Waals surface area (Å²) in [6.45, 7) is -24.3. The molecule has 9 heteroatoms. The van der Waals surface area contributed by atoms with Gasteiger partial charge >= 0.3 is 0 Å². The summed E-state index contributed by atoms with van der Waals surface area (Å²) in [7, 11) is -7.09. The van der Waals surface area contributed by atoms with Crippen LogP contribution in [0.1, 0.15) is 193 Å². The van der Waals surface area contributed by atoms with Gasteiger partial charge < -0.3 is 4.90 Å². The molecular weight excluding hydrogens is 639 g/mol. The third kappa shape index (κ3) is 9.13. The normalized spacial score (nSPS) is 42.1. The van der Waals surface area contributed by atoms with Crippen molar-refractivity contribution in [3.8, 4) is 0 Å². The van der Waals surface area contributed by atoms with Crippen LogP contribution in [0.2, 0.25) is 0 Å². The number of Topliss-reactive ketones (excluding diaryl/α,β-unsaturated/α-hetero) is 4. The number of piperidine rings is 1. The van der Waals surface area contributed by atoms with E-state index in [1.807, 2.05) is 0 Å². The van der Waals surface area contributed by atoms with Crippen molar-refractivity contribution in [2.24, 2.45) is 45.8 Å². The van der Waals surface area contributed by atoms with Crippen molar-refractivity contribution < 1.29 is 73.5 Å². The molecule has 1 amide bonds. The zero-order chi connectivity index (χ0) is 62.5. The summed E-state index contributed by atoms with van der Waals surface area (Å²) in [5.74, 6) is -17.2. The zero-order valence-electron chi connectivity index (χ0n) is 57.7. The van der Waals surface area contributed by atoms with E-state index >= 15 is 9.59 Å². The van der Waals surface area contributed by atoms with Gasteiger partial charge in [-0.25, -0.2) is 8.42 Å². The summed E-state index contributed by atoms with van der Waals surface area (Å²) >= 11 is 0. The van der Waals surface area contributed by atoms with Crippen LogP contribution in [0.15, 0.2) is 0 Å². The Morgan fingerprint density at radius 1 is 0.980 bits per heavy atom. The van der Waals surface area contributed by atoms with E-state index in [1.54, 1.807) is 13.8 Å². The second kappa shape index (κ2) is 14.6. The van der Waals surface area contributed by atoms with Crippen LogP contribution in [0.5, 0.6) is 0 Å². The Hall–Kier alpha value is -1.90. The minimum Gasteiger partial charge on any atom is -0.332 e. The Labute approximate surface area is 338 Å². The molecule has 0 aromatic heterocycles. The van der Waals surface area contributed by atoms with Crippen LogP contribution in [0.4, 0.5) is 0 Å². The highest BCUT2D eigenvalue weighted by Crippen LogP contribution is 2.65. The first-order chi connectivity index (χ1) is 34.5. The van der Waals surface area contributed by atoms with Gasteiger partial charge in [-0.1, -0.05) is 73.2 Å². The van der Waals surface area contributed by atoms with Crippen molar-refractivity contribution in [1.82, 2.24) is 4.90 Å². The van der Waals surface area contributed by atoms with Gasteiger partial charge in [-0.2, -0.15) is 0 Å². The van der Waals surface area contributed by atoms with Gasteiger partial charge in [0.05, 0.1) is 16.5 Å². The van der Waals surface area contributed by atoms with Gasteiger partial charge in [-0.15, -0.1) is 0 Å². The van der Waals surface area contributed by atoms with Gasteiger partial charge in [-0.3, -0.25) is 24.0 Å². The molecule has 1 aliphatic heterocycles. The molecule has 4 fully saturated rings. The molecule has 0 unspecified atom stereocenters. The van der Waals surface area contributed by atoms with Crippen molar-refractivity contribution in [3.63, 3.8) is 0 Å². The molecule has 4 aliphatic rings. The van der Waals surface area contributed by atoms with Gasteiger partial charge in [0, 0.05) is 85.2 Å². The Bertz CT molecular complexity index is 2420. The quantitative estimate of drug-likeness (QED) is 0.143. The molecule has 8 nitrogen and oxygen atoms in total. The molecule has 278 valence electrons. The van der Waals surface area contributed by atoms with E-state index in [4.69, 9.17) is 41.1 Å². The minimum absolute atomic E-state index is 0.136. The number of hydrogen-bond donors (Lipinski definition) is 0. The number of ketones is 4. The molecule has 0 radical (unpaired) electrons. The van der Waals surface area contributed by atoms with E-state index in [1.165, 1.54) is 0 Å². The average molecular weight is 734 g/mol. The monoisotopic (exact) mass is 734 g/mol. The molecule has 0 spiro atoms. The fourth-order valence-electron chi connectivity index (χ4n) is 7.07. The Morgan fingerprint density at radius 3 is 2.20 bits per heavy atom. The van der Waals surface area contributed by atoms with Gasteiger partial charge in [0.15, 0.2) is 21.4 Å². The number of likely N-dealkylation sites (tertiary alicyclic amines) is 1. The van der Waals surface area contributed by atoms with Gasteiger partial charge in [0.25, 0.3) is 0 Å². The van der Waals surface area contributed by atoms with E-state index < -0.39 is 213 Å². The number of fused-ring (bicyclic) bond motifs is 1. The number of carbonyl (C=O) groups is 5. The maximum Gasteiger partial charge on any atom is 0.227 e. The average Bonchev–Trinajstić information content (AvgIpc) is 4.04. The predicted octanol–water partition coefficient (Wildman–Crippen LogP) is 7.35. The second-order valence-electron chi connectivity index (χ2n) is 14.5. The Kier molecular flexibility index (Phi) is 4.65. The molecule has 1 saturated heterocycles. The van der Waals surface area contributed by atoms with Gasteiger partial charge in [-0.05, 0) is 86.6 Å². The minimum atomic E-state index is -7.09. The SMILES string of the molecule is [2H]C([2H])(C)CC[C@H](CC(=O)[C@@H]1[C@@H]2[C@H](CN1C(=O)[C@@H](CC(=O)CC1(CS(=O)(=O)C(C([2H])([2H])[2H])(C([2H])([2H])[2H])C([2H])([2H])[2H])C([2H])([2H])C([2H])([2H])C([2H])([2H])C([2H])([2H])C1([2H])[2H])C(C([2H])([2H])[2H])(C([2H])([2H])[2H])C([2H])([2H])[2H])C2(C)C)C(=O)C(=O)CC1CC1. The van der Waals surface area contributed by atoms with E-state index in [0.717, 1.165) is 6.92 Å². The number of nitrogens with zero attached hydrogens (tertiary/aromatic N) is 1. The highest BCUT2D eigenvalue weighted by Gasteiger charge is 2.69. The van der Waals surface area contributed by atoms with Gasteiger partial charge in [0.1, 0.15) is 5.78 Å². The molecule has 0 bridgehead atoms. The van der Waals surface area contributed by atoms with Crippen LogP contribution in [0.3, 0.4) is 0 Å². The van der Waals surface area contributed by atoms with Crippen molar-refractivity contribution in [2.75, 3.05) is 12.3 Å². The van der Waals surface area contributed by atoms with Crippen LogP contribution in [-0.4, -0.2) is 65.4 Å². The van der Waals surface area contributed by atoms with E-state index in [0.29, 0.717) is 17.7 Å². The largest absolute Gasteiger partial charge is 0.332 e. The molecule has 0 aromatic rings. The van der Waals surface area contributed by atoms with Crippen molar-refractivity contribution in [3.05, 3.63) is 0 Å². The molecule has 3 aliphatic carbocycles. The third-order valence-electron chi connectivity index (χ3n) is 10.2. The summed E-state index contributed by atoms with van der Waals surface area (Å²) in [6.07, 6.45) is -31.0. The second-order valence-corrected chi connectivity index (χ2v) is 16.6. The first-order valence-corrected chi connectivity index (χ1v) is 17.8. The fraction of sp³-hybridized carbons (Fsp3) is 0.875. The first kappa shape index (κ1) is 15.6. The van der Waals surface area contributed by atoms with Crippen molar-refractivity contribution in [1.29, 1.82) is 0 Å². The van der Waals surface area contributed by atoms with Crippen LogP contribution in [0, 0.1) is 45.8 Å². The fourth-order valence-corrected chi connectivity index (χ4v) is 8.19. The lowest BCUT2D eigenvalue weighted by atomic mass is 9.70. The highest BCUT2D eigenvalue weighted by molar-refractivity contribution is 7.92. The zero-order valence-corrected chi connectivity index (χ0v) is 28.6. The van der Waals surface area contributed by atoms with E-state index in [2.05, 4.69) is 0 Å². The number of carbonyl (C=O) groups excluding carboxylic acids is 5. The topological polar surface area (TPSA) is 123 Å². The van der Waals surface area contributed by atoms with E-state index in [-0.39, 0.29) is 12.3 Å². The molecule has 5 atom stereocenters. The summed E-state index contributed by atoms with van der Waals surface area (Å²) in [5.41, 5.74) is -10.2. The molecule has 0 N–H and O–H groups in total. The van der Waals surface area contributed by atoms with Crippen molar-refractivity contribution in [2.45, 2.75) is 162 Å². The molecule has 0 aromatic carbocycles. The van der Waals surface area contributed by atoms with Crippen LogP contribution in [0.25, 0.3) is 0 Å². The Morgan fingerprint density at radius 2 is 1.63 bits per heavy atom. The Balaban J connectivity index is 2.10. The van der Waals surface area contributed by atoms with Gasteiger partial charge in [0.2, 0.25) is 11.7 Å². The predicted molar refractivity (Wildman–Crippen MR) is 192 cm³/mol. The molecular formula is C40H65NO7S.